The van der Waals surface area contributed by atoms with Crippen molar-refractivity contribution in [2.24, 2.45) is 11.1 Å². The lowest BCUT2D eigenvalue weighted by Crippen LogP contribution is -2.39. The molecule has 0 heterocycles. The molecule has 0 bridgehead atoms. The van der Waals surface area contributed by atoms with Crippen LogP contribution < -0.4 is 11.1 Å². The van der Waals surface area contributed by atoms with Gasteiger partial charge in [-0.2, -0.15) is 0 Å². The van der Waals surface area contributed by atoms with E-state index in [-0.39, 0.29) is 0 Å². The van der Waals surface area contributed by atoms with Crippen molar-refractivity contribution in [1.29, 1.82) is 0 Å². The predicted octanol–water partition coefficient (Wildman–Crippen LogP) is 1.70. The van der Waals surface area contributed by atoms with E-state index in [1.54, 1.807) is 12.1 Å². The predicted molar refractivity (Wildman–Crippen MR) is 81.2 cm³/mol. The van der Waals surface area contributed by atoms with Gasteiger partial charge in [-0.1, -0.05) is 18.6 Å². The molecule has 20 heavy (non-hydrogen) atoms. The van der Waals surface area contributed by atoms with E-state index in [1.807, 2.05) is 12.1 Å². The van der Waals surface area contributed by atoms with Crippen LogP contribution in [0, 0.1) is 5.41 Å². The molecular weight excluding hydrogens is 272 g/mol. The van der Waals surface area contributed by atoms with E-state index in [0.29, 0.717) is 10.3 Å². The van der Waals surface area contributed by atoms with E-state index in [0.717, 1.165) is 31.6 Å². The van der Waals surface area contributed by atoms with Crippen molar-refractivity contribution in [3.05, 3.63) is 29.8 Å². The van der Waals surface area contributed by atoms with Gasteiger partial charge in [0.05, 0.1) is 4.90 Å². The van der Waals surface area contributed by atoms with Crippen molar-refractivity contribution in [2.75, 3.05) is 19.3 Å². The fourth-order valence-corrected chi connectivity index (χ4v) is 3.30. The second kappa shape index (κ2) is 6.24. The summed E-state index contributed by atoms with van der Waals surface area (Å²) in [5.41, 5.74) is 7.32. The minimum atomic E-state index is -3.10. The van der Waals surface area contributed by atoms with E-state index in [2.05, 4.69) is 5.32 Å². The van der Waals surface area contributed by atoms with Crippen molar-refractivity contribution >= 4 is 9.84 Å². The molecule has 1 fully saturated rings. The van der Waals surface area contributed by atoms with Crippen molar-refractivity contribution in [3.8, 4) is 0 Å². The summed E-state index contributed by atoms with van der Waals surface area (Å²) in [4.78, 5) is 0.373. The van der Waals surface area contributed by atoms with Crippen LogP contribution in [0.3, 0.4) is 0 Å². The SMILES string of the molecule is CS(=O)(=O)c1ccc(CNCCC2(CN)CCC2)cc1. The summed E-state index contributed by atoms with van der Waals surface area (Å²) in [7, 11) is -3.10. The quantitative estimate of drug-likeness (QED) is 0.751. The first-order chi connectivity index (χ1) is 9.45. The average Bonchev–Trinajstić information content (AvgIpc) is 2.36. The van der Waals surface area contributed by atoms with Crippen LogP contribution in [0.2, 0.25) is 0 Å². The van der Waals surface area contributed by atoms with Crippen LogP contribution in [-0.4, -0.2) is 27.8 Å². The molecule has 112 valence electrons. The fraction of sp³-hybridized carbons (Fsp3) is 0.600. The van der Waals surface area contributed by atoms with Gasteiger partial charge < -0.3 is 11.1 Å². The summed E-state index contributed by atoms with van der Waals surface area (Å²) in [6, 6.07) is 7.07. The molecule has 0 radical (unpaired) electrons. The number of benzene rings is 1. The summed E-state index contributed by atoms with van der Waals surface area (Å²) in [5, 5.41) is 3.41. The van der Waals surface area contributed by atoms with E-state index in [4.69, 9.17) is 5.73 Å². The zero-order valence-corrected chi connectivity index (χ0v) is 12.9. The number of hydrogen-bond donors (Lipinski definition) is 2. The second-order valence-electron chi connectivity index (χ2n) is 5.90. The molecule has 1 aromatic rings. The molecule has 1 aromatic carbocycles. The molecule has 0 amide bonds. The first-order valence-corrected chi connectivity index (χ1v) is 9.04. The molecule has 4 nitrogen and oxygen atoms in total. The molecule has 2 rings (SSSR count). The van der Waals surface area contributed by atoms with Crippen molar-refractivity contribution in [2.45, 2.75) is 37.1 Å². The lowest BCUT2D eigenvalue weighted by atomic mass is 9.67. The molecule has 0 saturated heterocycles. The van der Waals surface area contributed by atoms with Gasteiger partial charge in [0.2, 0.25) is 0 Å². The van der Waals surface area contributed by atoms with Gasteiger partial charge in [-0.05, 0) is 55.5 Å². The fourth-order valence-electron chi connectivity index (χ4n) is 2.67. The highest BCUT2D eigenvalue weighted by Crippen LogP contribution is 2.42. The van der Waals surface area contributed by atoms with E-state index >= 15 is 0 Å². The maximum atomic E-state index is 11.4. The molecule has 1 saturated carbocycles. The normalized spacial score (nSPS) is 17.7. The number of rotatable bonds is 7. The van der Waals surface area contributed by atoms with Gasteiger partial charge in [0.25, 0.3) is 0 Å². The van der Waals surface area contributed by atoms with Crippen molar-refractivity contribution in [1.82, 2.24) is 5.32 Å². The van der Waals surface area contributed by atoms with Crippen LogP contribution in [-0.2, 0) is 16.4 Å². The van der Waals surface area contributed by atoms with E-state index in [1.165, 1.54) is 25.5 Å². The monoisotopic (exact) mass is 296 g/mol. The van der Waals surface area contributed by atoms with Gasteiger partial charge in [-0.25, -0.2) is 8.42 Å². The van der Waals surface area contributed by atoms with Gasteiger partial charge in [-0.15, -0.1) is 0 Å². The van der Waals surface area contributed by atoms with Gasteiger partial charge in [0.15, 0.2) is 9.84 Å². The minimum Gasteiger partial charge on any atom is -0.330 e. The highest BCUT2D eigenvalue weighted by atomic mass is 32.2. The Morgan fingerprint density at radius 2 is 1.90 bits per heavy atom. The molecule has 0 atom stereocenters. The summed E-state index contributed by atoms with van der Waals surface area (Å²) in [5.74, 6) is 0. The second-order valence-corrected chi connectivity index (χ2v) is 7.92. The zero-order valence-electron chi connectivity index (χ0n) is 12.1. The summed E-state index contributed by atoms with van der Waals surface area (Å²) >= 11 is 0. The zero-order chi connectivity index (χ0) is 14.6. The highest BCUT2D eigenvalue weighted by molar-refractivity contribution is 7.90. The average molecular weight is 296 g/mol. The van der Waals surface area contributed by atoms with Crippen LogP contribution in [0.25, 0.3) is 0 Å². The number of nitrogens with one attached hydrogen (secondary N) is 1. The smallest absolute Gasteiger partial charge is 0.175 e. The molecule has 5 heteroatoms. The lowest BCUT2D eigenvalue weighted by Gasteiger charge is -2.41. The minimum absolute atomic E-state index is 0.373. The van der Waals surface area contributed by atoms with Crippen LogP contribution in [0.15, 0.2) is 29.2 Å². The van der Waals surface area contributed by atoms with Crippen LogP contribution in [0.5, 0.6) is 0 Å². The largest absolute Gasteiger partial charge is 0.330 e. The Balaban J connectivity index is 1.77. The molecule has 1 aliphatic carbocycles. The third-order valence-electron chi connectivity index (χ3n) is 4.36. The Labute approximate surface area is 121 Å². The third kappa shape index (κ3) is 3.81. The summed E-state index contributed by atoms with van der Waals surface area (Å²) < 4.78 is 22.7. The van der Waals surface area contributed by atoms with Gasteiger partial charge in [-0.3, -0.25) is 0 Å². The first kappa shape index (κ1) is 15.5. The Morgan fingerprint density at radius 1 is 1.25 bits per heavy atom. The highest BCUT2D eigenvalue weighted by Gasteiger charge is 2.34. The maximum Gasteiger partial charge on any atom is 0.175 e. The van der Waals surface area contributed by atoms with E-state index in [9.17, 15) is 8.42 Å². The van der Waals surface area contributed by atoms with Crippen LogP contribution in [0.4, 0.5) is 0 Å². The molecule has 3 N–H and O–H groups in total. The number of sulfone groups is 1. The molecule has 0 unspecified atom stereocenters. The lowest BCUT2D eigenvalue weighted by molar-refractivity contribution is 0.130. The third-order valence-corrected chi connectivity index (χ3v) is 5.49. The Morgan fingerprint density at radius 3 is 2.35 bits per heavy atom. The first-order valence-electron chi connectivity index (χ1n) is 7.15. The summed E-state index contributed by atoms with van der Waals surface area (Å²) in [6.45, 7) is 2.52. The summed E-state index contributed by atoms with van der Waals surface area (Å²) in [6.07, 6.45) is 6.18. The van der Waals surface area contributed by atoms with Crippen LogP contribution in [0.1, 0.15) is 31.2 Å². The van der Waals surface area contributed by atoms with Gasteiger partial charge in [0, 0.05) is 12.8 Å². The van der Waals surface area contributed by atoms with Crippen molar-refractivity contribution < 1.29 is 8.42 Å². The standard InChI is InChI=1S/C15H24N2O2S/c1-20(18,19)14-5-3-13(4-6-14)11-17-10-9-15(12-16)7-2-8-15/h3-6,17H,2,7-12,16H2,1H3. The van der Waals surface area contributed by atoms with Gasteiger partial charge >= 0.3 is 0 Å². The van der Waals surface area contributed by atoms with Gasteiger partial charge in [0.1, 0.15) is 0 Å². The topological polar surface area (TPSA) is 72.2 Å². The molecule has 0 aliphatic heterocycles. The molecule has 0 aromatic heterocycles. The Hall–Kier alpha value is -0.910. The van der Waals surface area contributed by atoms with E-state index < -0.39 is 9.84 Å². The number of hydrogen-bond acceptors (Lipinski definition) is 4. The maximum absolute atomic E-state index is 11.4. The molecular formula is C15H24N2O2S. The van der Waals surface area contributed by atoms with Crippen molar-refractivity contribution in [3.63, 3.8) is 0 Å². The molecule has 0 spiro atoms. The Kier molecular flexibility index (Phi) is 4.83. The van der Waals surface area contributed by atoms with Crippen LogP contribution >= 0.6 is 0 Å². The number of nitrogens with two attached hydrogens (primary N) is 1. The molecule has 1 aliphatic rings. The Bertz CT molecular complexity index is 528.